The number of benzene rings is 1. The van der Waals surface area contributed by atoms with Crippen LogP contribution in [-0.2, 0) is 14.3 Å². The molecule has 2 bridgehead atoms. The Hall–Kier alpha value is -2.14. The Morgan fingerprint density at radius 1 is 1.48 bits per heavy atom. The summed E-state index contributed by atoms with van der Waals surface area (Å²) in [6.07, 6.45) is 3.17. The number of carbonyl (C=O) groups excluding carboxylic acids is 1. The van der Waals surface area contributed by atoms with E-state index in [4.69, 9.17) is 4.74 Å². The smallest absolute Gasteiger partial charge is 0.310 e. The fourth-order valence-corrected chi connectivity index (χ4v) is 3.79. The molecule has 0 aliphatic carbocycles. The summed E-state index contributed by atoms with van der Waals surface area (Å²) < 4.78 is 5.86. The highest BCUT2D eigenvalue weighted by atomic mass is 16.5. The number of carboxylic acid groups (broad SMARTS) is 1. The molecule has 0 saturated carbocycles. The number of aryl methyl sites for hydroxylation is 1. The molecule has 5 heteroatoms. The summed E-state index contributed by atoms with van der Waals surface area (Å²) in [5.74, 6) is -2.52. The Labute approximate surface area is 121 Å². The number of fused-ring (bicyclic) bond motifs is 1. The fraction of sp³-hybridized carbons (Fsp3) is 0.375. The molecule has 108 valence electrons. The van der Waals surface area contributed by atoms with Crippen molar-refractivity contribution >= 4 is 17.6 Å². The number of hydrogen-bond donors (Lipinski definition) is 1. The zero-order valence-corrected chi connectivity index (χ0v) is 11.5. The van der Waals surface area contributed by atoms with Crippen molar-refractivity contribution in [2.45, 2.75) is 18.6 Å². The van der Waals surface area contributed by atoms with Crippen LogP contribution in [0.1, 0.15) is 5.56 Å². The van der Waals surface area contributed by atoms with Crippen LogP contribution in [0.3, 0.4) is 0 Å². The summed E-state index contributed by atoms with van der Waals surface area (Å²) >= 11 is 0. The van der Waals surface area contributed by atoms with Gasteiger partial charge in [0.15, 0.2) is 0 Å². The highest BCUT2D eigenvalue weighted by Gasteiger charge is 2.67. The second-order valence-corrected chi connectivity index (χ2v) is 6.00. The van der Waals surface area contributed by atoms with E-state index in [2.05, 4.69) is 0 Å². The molecule has 0 unspecified atom stereocenters. The lowest BCUT2D eigenvalue weighted by Crippen LogP contribution is -2.39. The van der Waals surface area contributed by atoms with Gasteiger partial charge in [-0.1, -0.05) is 24.3 Å². The van der Waals surface area contributed by atoms with Gasteiger partial charge in [0, 0.05) is 5.69 Å². The second-order valence-electron chi connectivity index (χ2n) is 6.00. The van der Waals surface area contributed by atoms with E-state index in [1.165, 1.54) is 0 Å². The van der Waals surface area contributed by atoms with Gasteiger partial charge in [0.2, 0.25) is 5.91 Å². The maximum absolute atomic E-state index is 12.7. The Balaban J connectivity index is 1.75. The minimum absolute atomic E-state index is 0.153. The molecule has 0 radical (unpaired) electrons. The van der Waals surface area contributed by atoms with Crippen LogP contribution in [0, 0.1) is 18.8 Å². The molecule has 0 aromatic heterocycles. The molecule has 1 spiro atoms. The molecule has 1 N–H and O–H groups in total. The third-order valence-corrected chi connectivity index (χ3v) is 4.70. The maximum Gasteiger partial charge on any atom is 0.310 e. The van der Waals surface area contributed by atoms with Crippen molar-refractivity contribution in [3.8, 4) is 0 Å². The summed E-state index contributed by atoms with van der Waals surface area (Å²) in [6, 6.07) is 7.66. The highest BCUT2D eigenvalue weighted by Crippen LogP contribution is 2.52. The summed E-state index contributed by atoms with van der Waals surface area (Å²) in [7, 11) is 0. The predicted molar refractivity (Wildman–Crippen MR) is 74.9 cm³/mol. The lowest BCUT2D eigenvalue weighted by Gasteiger charge is -2.21. The first-order valence-electron chi connectivity index (χ1n) is 7.00. The van der Waals surface area contributed by atoms with E-state index in [-0.39, 0.29) is 5.91 Å². The predicted octanol–water partition coefficient (Wildman–Crippen LogP) is 1.37. The van der Waals surface area contributed by atoms with Crippen LogP contribution in [0.5, 0.6) is 0 Å². The zero-order valence-electron chi connectivity index (χ0n) is 11.5. The average Bonchev–Trinajstić information content (AvgIpc) is 3.07. The van der Waals surface area contributed by atoms with Gasteiger partial charge >= 0.3 is 5.97 Å². The molecule has 1 aromatic rings. The van der Waals surface area contributed by atoms with Gasteiger partial charge in [-0.15, -0.1) is 0 Å². The molecular formula is C16H15NO4. The van der Waals surface area contributed by atoms with E-state index in [1.807, 2.05) is 37.3 Å². The first-order valence-corrected chi connectivity index (χ1v) is 7.00. The number of anilines is 1. The van der Waals surface area contributed by atoms with Crippen molar-refractivity contribution in [1.29, 1.82) is 0 Å². The van der Waals surface area contributed by atoms with Crippen molar-refractivity contribution in [3.63, 3.8) is 0 Å². The lowest BCUT2D eigenvalue weighted by atomic mass is 9.77. The largest absolute Gasteiger partial charge is 0.481 e. The van der Waals surface area contributed by atoms with E-state index in [0.717, 1.165) is 11.3 Å². The monoisotopic (exact) mass is 285 g/mol. The summed E-state index contributed by atoms with van der Waals surface area (Å²) in [6.45, 7) is 2.35. The Bertz CT molecular complexity index is 683. The third-order valence-electron chi connectivity index (χ3n) is 4.70. The molecule has 3 heterocycles. The van der Waals surface area contributed by atoms with Crippen LogP contribution in [0.25, 0.3) is 0 Å². The summed E-state index contributed by atoms with van der Waals surface area (Å²) in [4.78, 5) is 25.9. The number of carbonyl (C=O) groups is 2. The number of carboxylic acids is 1. The normalized spacial score (nSPS) is 36.3. The van der Waals surface area contributed by atoms with Gasteiger partial charge in [0.05, 0.1) is 18.6 Å². The van der Waals surface area contributed by atoms with Crippen LogP contribution in [-0.4, -0.2) is 35.2 Å². The number of ether oxygens (including phenoxy) is 1. The number of aliphatic carboxylic acids is 1. The molecule has 5 nitrogen and oxygen atoms in total. The molecule has 3 aliphatic rings. The van der Waals surface area contributed by atoms with Crippen molar-refractivity contribution in [1.82, 2.24) is 0 Å². The van der Waals surface area contributed by atoms with Gasteiger partial charge in [-0.25, -0.2) is 0 Å². The third kappa shape index (κ3) is 1.55. The standard InChI is InChI=1S/C16H15NO4/c1-9-3-2-4-10(7-9)17-8-16-6-5-11(21-16)12(15(19)20)13(16)14(17)18/h2-7,11-13H,8H2,1H3,(H,19,20)/t11-,12-,13-,16+/m1/s1. The SMILES string of the molecule is Cc1cccc(N2C[C@]34C=C[C@@H](O3)[C@@H](C(=O)O)[C@@H]4C2=O)c1. The van der Waals surface area contributed by atoms with Gasteiger partial charge in [0.25, 0.3) is 0 Å². The van der Waals surface area contributed by atoms with Crippen LogP contribution in [0.15, 0.2) is 36.4 Å². The number of rotatable bonds is 2. The highest BCUT2D eigenvalue weighted by molar-refractivity contribution is 6.02. The zero-order chi connectivity index (χ0) is 14.8. The van der Waals surface area contributed by atoms with Gasteiger partial charge in [-0.05, 0) is 24.6 Å². The van der Waals surface area contributed by atoms with Crippen LogP contribution in [0.2, 0.25) is 0 Å². The van der Waals surface area contributed by atoms with E-state index >= 15 is 0 Å². The molecule has 4 rings (SSSR count). The quantitative estimate of drug-likeness (QED) is 0.833. The first kappa shape index (κ1) is 12.6. The average molecular weight is 285 g/mol. The minimum atomic E-state index is -0.962. The minimum Gasteiger partial charge on any atom is -0.481 e. The van der Waals surface area contributed by atoms with E-state index in [9.17, 15) is 14.7 Å². The van der Waals surface area contributed by atoms with Crippen molar-refractivity contribution in [2.75, 3.05) is 11.4 Å². The molecule has 3 aliphatic heterocycles. The summed E-state index contributed by atoms with van der Waals surface area (Å²) in [5.41, 5.74) is 1.09. The van der Waals surface area contributed by atoms with E-state index in [0.29, 0.717) is 6.54 Å². The maximum atomic E-state index is 12.7. The van der Waals surface area contributed by atoms with Crippen molar-refractivity contribution in [2.24, 2.45) is 11.8 Å². The molecule has 21 heavy (non-hydrogen) atoms. The van der Waals surface area contributed by atoms with Gasteiger partial charge in [-0.2, -0.15) is 0 Å². The molecule has 4 atom stereocenters. The lowest BCUT2D eigenvalue weighted by molar-refractivity contribution is -0.146. The van der Waals surface area contributed by atoms with Crippen molar-refractivity contribution in [3.05, 3.63) is 42.0 Å². The fourth-order valence-electron chi connectivity index (χ4n) is 3.79. The van der Waals surface area contributed by atoms with Crippen molar-refractivity contribution < 1.29 is 19.4 Å². The molecule has 1 amide bonds. The Morgan fingerprint density at radius 2 is 2.29 bits per heavy atom. The van der Waals surface area contributed by atoms with Gasteiger partial charge in [0.1, 0.15) is 11.5 Å². The number of hydrogen-bond acceptors (Lipinski definition) is 3. The first-order chi connectivity index (χ1) is 10.0. The van der Waals surface area contributed by atoms with Crippen LogP contribution < -0.4 is 4.90 Å². The molecule has 2 saturated heterocycles. The Kier molecular flexibility index (Phi) is 2.37. The van der Waals surface area contributed by atoms with Gasteiger partial charge in [-0.3, -0.25) is 9.59 Å². The molecule has 2 fully saturated rings. The Morgan fingerprint density at radius 3 is 3.00 bits per heavy atom. The molecule has 1 aromatic carbocycles. The number of nitrogens with zero attached hydrogens (tertiary/aromatic N) is 1. The van der Waals surface area contributed by atoms with Crippen LogP contribution >= 0.6 is 0 Å². The topological polar surface area (TPSA) is 66.8 Å². The summed E-state index contributed by atoms with van der Waals surface area (Å²) in [5, 5.41) is 9.41. The number of amides is 1. The van der Waals surface area contributed by atoms with Crippen LogP contribution in [0.4, 0.5) is 5.69 Å². The molecular weight excluding hydrogens is 270 g/mol. The van der Waals surface area contributed by atoms with E-state index < -0.39 is 29.5 Å². The second kappa shape index (κ2) is 3.95. The van der Waals surface area contributed by atoms with Gasteiger partial charge < -0.3 is 14.7 Å². The van der Waals surface area contributed by atoms with E-state index in [1.54, 1.807) is 11.0 Å².